The molecule has 0 bridgehead atoms. The number of rotatable bonds is 5. The molecule has 24 heavy (non-hydrogen) atoms. The van der Waals surface area contributed by atoms with Crippen LogP contribution in [0, 0.1) is 11.6 Å². The quantitative estimate of drug-likeness (QED) is 0.755. The van der Waals surface area contributed by atoms with Crippen molar-refractivity contribution in [2.75, 3.05) is 6.61 Å². The molecule has 0 spiro atoms. The first-order valence-electron chi connectivity index (χ1n) is 7.36. The van der Waals surface area contributed by atoms with Crippen molar-refractivity contribution in [1.29, 1.82) is 0 Å². The van der Waals surface area contributed by atoms with Gasteiger partial charge in [0, 0.05) is 11.5 Å². The zero-order valence-electron chi connectivity index (χ0n) is 12.8. The van der Waals surface area contributed by atoms with Crippen molar-refractivity contribution in [1.82, 2.24) is 15.5 Å². The van der Waals surface area contributed by atoms with Crippen LogP contribution >= 0.6 is 0 Å². The van der Waals surface area contributed by atoms with Crippen LogP contribution in [0.15, 0.2) is 42.5 Å². The molecule has 0 aliphatic carbocycles. The minimum absolute atomic E-state index is 0.0383. The fourth-order valence-corrected chi connectivity index (χ4v) is 2.28. The number of hydrogen-bond acceptors (Lipinski definition) is 3. The average Bonchev–Trinajstić information content (AvgIpc) is 2.98. The van der Waals surface area contributed by atoms with Gasteiger partial charge in [-0.25, -0.2) is 8.78 Å². The van der Waals surface area contributed by atoms with Crippen LogP contribution in [0.4, 0.5) is 8.78 Å². The van der Waals surface area contributed by atoms with Gasteiger partial charge in [-0.15, -0.1) is 0 Å². The monoisotopic (exact) mass is 331 g/mol. The molecule has 0 aliphatic rings. The molecule has 1 amide bonds. The summed E-state index contributed by atoms with van der Waals surface area (Å²) in [6.07, 6.45) is 0. The van der Waals surface area contributed by atoms with Crippen molar-refractivity contribution in [3.63, 3.8) is 0 Å². The number of amides is 1. The molecule has 124 valence electrons. The summed E-state index contributed by atoms with van der Waals surface area (Å²) in [7, 11) is 0. The second kappa shape index (κ2) is 6.66. The Hall–Kier alpha value is -2.96. The summed E-state index contributed by atoms with van der Waals surface area (Å²) < 4.78 is 31.6. The molecule has 1 unspecified atom stereocenters. The molecule has 3 aromatic rings. The lowest BCUT2D eigenvalue weighted by atomic mass is 10.2. The van der Waals surface area contributed by atoms with E-state index in [-0.39, 0.29) is 24.0 Å². The highest BCUT2D eigenvalue weighted by molar-refractivity contribution is 6.04. The lowest BCUT2D eigenvalue weighted by Gasteiger charge is -2.14. The molecule has 5 nitrogen and oxygen atoms in total. The lowest BCUT2D eigenvalue weighted by Crippen LogP contribution is -2.37. The second-order valence-electron chi connectivity index (χ2n) is 5.38. The molecule has 1 heterocycles. The number of hydrogen-bond donors (Lipinski definition) is 2. The van der Waals surface area contributed by atoms with Gasteiger partial charge in [-0.05, 0) is 25.1 Å². The topological polar surface area (TPSA) is 67.0 Å². The summed E-state index contributed by atoms with van der Waals surface area (Å²) in [5.74, 6) is -1.88. The molecule has 0 radical (unpaired) electrons. The number of halogens is 2. The summed E-state index contributed by atoms with van der Waals surface area (Å²) >= 11 is 0. The van der Waals surface area contributed by atoms with Gasteiger partial charge < -0.3 is 10.1 Å². The van der Waals surface area contributed by atoms with Crippen LogP contribution in [0.3, 0.4) is 0 Å². The Kier molecular flexibility index (Phi) is 4.41. The number of nitrogens with zero attached hydrogens (tertiary/aromatic N) is 1. The van der Waals surface area contributed by atoms with E-state index < -0.39 is 17.7 Å². The Balaban J connectivity index is 1.62. The molecule has 0 saturated heterocycles. The predicted molar refractivity (Wildman–Crippen MR) is 84.9 cm³/mol. The fraction of sp³-hybridized carbons (Fsp3) is 0.176. The van der Waals surface area contributed by atoms with Gasteiger partial charge in [-0.1, -0.05) is 18.2 Å². The third kappa shape index (κ3) is 3.34. The highest BCUT2D eigenvalue weighted by atomic mass is 19.1. The van der Waals surface area contributed by atoms with E-state index in [9.17, 15) is 13.6 Å². The number of nitrogens with one attached hydrogen (secondary N) is 2. The molecule has 3 rings (SSSR count). The number of H-pyrrole nitrogens is 1. The largest absolute Gasteiger partial charge is 0.488 e. The van der Waals surface area contributed by atoms with Crippen molar-refractivity contribution in [2.45, 2.75) is 13.0 Å². The predicted octanol–water partition coefficient (Wildman–Crippen LogP) is 3.04. The summed E-state index contributed by atoms with van der Waals surface area (Å²) in [6, 6.07) is 9.95. The summed E-state index contributed by atoms with van der Waals surface area (Å²) in [6.45, 7) is 1.75. The highest BCUT2D eigenvalue weighted by Gasteiger charge is 2.16. The molecule has 0 aliphatic heterocycles. The first kappa shape index (κ1) is 15.9. The van der Waals surface area contributed by atoms with Gasteiger partial charge in [-0.2, -0.15) is 5.10 Å². The van der Waals surface area contributed by atoms with E-state index in [0.29, 0.717) is 5.39 Å². The number of carbonyl (C=O) groups is 1. The minimum atomic E-state index is -0.785. The van der Waals surface area contributed by atoms with Gasteiger partial charge in [0.2, 0.25) is 0 Å². The van der Waals surface area contributed by atoms with Gasteiger partial charge in [0.25, 0.3) is 5.91 Å². The Morgan fingerprint density at radius 3 is 2.88 bits per heavy atom. The van der Waals surface area contributed by atoms with Crippen LogP contribution in [0.1, 0.15) is 17.4 Å². The number of aromatic amines is 1. The number of para-hydroxylation sites is 1. The first-order chi connectivity index (χ1) is 11.5. The second-order valence-corrected chi connectivity index (χ2v) is 5.38. The normalized spacial score (nSPS) is 12.1. The van der Waals surface area contributed by atoms with Crippen LogP contribution in [0.2, 0.25) is 0 Å². The number of fused-ring (bicyclic) bond motifs is 1. The van der Waals surface area contributed by atoms with Crippen LogP contribution in [0.5, 0.6) is 5.75 Å². The Morgan fingerprint density at radius 1 is 1.29 bits per heavy atom. The van der Waals surface area contributed by atoms with Crippen LogP contribution < -0.4 is 10.1 Å². The lowest BCUT2D eigenvalue weighted by molar-refractivity contribution is 0.0922. The molecular weight excluding hydrogens is 316 g/mol. The summed E-state index contributed by atoms with van der Waals surface area (Å²) in [5, 5.41) is 10.2. The van der Waals surface area contributed by atoms with Crippen molar-refractivity contribution in [3.05, 3.63) is 59.8 Å². The van der Waals surface area contributed by atoms with Gasteiger partial charge in [0.1, 0.15) is 12.4 Å². The van der Waals surface area contributed by atoms with E-state index in [2.05, 4.69) is 15.5 Å². The summed E-state index contributed by atoms with van der Waals surface area (Å²) in [4.78, 5) is 12.3. The number of aromatic nitrogens is 2. The zero-order valence-corrected chi connectivity index (χ0v) is 12.8. The fourth-order valence-electron chi connectivity index (χ4n) is 2.28. The molecule has 7 heteroatoms. The standard InChI is InChI=1S/C17H15F2N3O2/c1-10(9-24-15-7-6-11(18)8-13(15)19)20-17(23)16-12-4-2-3-5-14(12)21-22-16/h2-8,10H,9H2,1H3,(H,20,23)(H,21,22). The Labute approximate surface area is 136 Å². The van der Waals surface area contributed by atoms with Crippen molar-refractivity contribution < 1.29 is 18.3 Å². The maximum Gasteiger partial charge on any atom is 0.272 e. The third-order valence-electron chi connectivity index (χ3n) is 3.45. The SMILES string of the molecule is CC(COc1ccc(F)cc1F)NC(=O)c1n[nH]c2ccccc12. The van der Waals surface area contributed by atoms with Gasteiger partial charge in [0.05, 0.1) is 11.6 Å². The average molecular weight is 331 g/mol. The van der Waals surface area contributed by atoms with Crippen LogP contribution in [-0.2, 0) is 0 Å². The zero-order chi connectivity index (χ0) is 17.1. The highest BCUT2D eigenvalue weighted by Crippen LogP contribution is 2.18. The van der Waals surface area contributed by atoms with Crippen molar-refractivity contribution >= 4 is 16.8 Å². The molecular formula is C17H15F2N3O2. The number of carbonyl (C=O) groups excluding carboxylic acids is 1. The molecule has 2 N–H and O–H groups in total. The van der Waals surface area contributed by atoms with Crippen LogP contribution in [-0.4, -0.2) is 28.8 Å². The van der Waals surface area contributed by atoms with E-state index in [1.54, 1.807) is 13.0 Å². The van der Waals surface area contributed by atoms with Crippen molar-refractivity contribution in [3.8, 4) is 5.75 Å². The van der Waals surface area contributed by atoms with E-state index in [4.69, 9.17) is 4.74 Å². The molecule has 0 fully saturated rings. The van der Waals surface area contributed by atoms with Gasteiger partial charge in [-0.3, -0.25) is 9.89 Å². The van der Waals surface area contributed by atoms with Crippen LogP contribution in [0.25, 0.3) is 10.9 Å². The molecule has 0 saturated carbocycles. The first-order valence-corrected chi connectivity index (χ1v) is 7.36. The van der Waals surface area contributed by atoms with E-state index in [1.807, 2.05) is 18.2 Å². The van der Waals surface area contributed by atoms with E-state index in [1.165, 1.54) is 6.07 Å². The van der Waals surface area contributed by atoms with Gasteiger partial charge >= 0.3 is 0 Å². The summed E-state index contributed by atoms with van der Waals surface area (Å²) in [5.41, 5.74) is 1.05. The molecule has 2 aromatic carbocycles. The number of ether oxygens (including phenoxy) is 1. The van der Waals surface area contributed by atoms with Gasteiger partial charge in [0.15, 0.2) is 17.3 Å². The third-order valence-corrected chi connectivity index (χ3v) is 3.45. The maximum atomic E-state index is 13.5. The number of benzene rings is 2. The smallest absolute Gasteiger partial charge is 0.272 e. The maximum absolute atomic E-state index is 13.5. The Bertz CT molecular complexity index is 879. The molecule has 1 atom stereocenters. The van der Waals surface area contributed by atoms with E-state index in [0.717, 1.165) is 17.6 Å². The minimum Gasteiger partial charge on any atom is -0.488 e. The molecule has 1 aromatic heterocycles. The van der Waals surface area contributed by atoms with Crippen molar-refractivity contribution in [2.24, 2.45) is 0 Å². The Morgan fingerprint density at radius 2 is 2.08 bits per heavy atom. The van der Waals surface area contributed by atoms with E-state index >= 15 is 0 Å².